The lowest BCUT2D eigenvalue weighted by molar-refractivity contribution is -0.385. The Kier molecular flexibility index (Phi) is 5.43. The van der Waals surface area contributed by atoms with Crippen molar-refractivity contribution in [3.63, 3.8) is 0 Å². The molecule has 112 valence electrons. The van der Waals surface area contributed by atoms with E-state index in [0.29, 0.717) is 0 Å². The van der Waals surface area contributed by atoms with Crippen LogP contribution in [-0.2, 0) is 9.84 Å². The Bertz CT molecular complexity index is 585. The summed E-state index contributed by atoms with van der Waals surface area (Å²) in [6.45, 7) is 1.03. The van der Waals surface area contributed by atoms with Crippen LogP contribution in [0.3, 0.4) is 0 Å². The minimum Gasteiger partial charge on any atom is -0.395 e. The van der Waals surface area contributed by atoms with E-state index in [4.69, 9.17) is 5.11 Å². The molecule has 0 fully saturated rings. The molecule has 0 aliphatic carbocycles. The predicted octanol–water partition coefficient (Wildman–Crippen LogP) is 0.154. The second-order valence-corrected chi connectivity index (χ2v) is 6.29. The van der Waals surface area contributed by atoms with Gasteiger partial charge in [0.05, 0.1) is 34.0 Å². The molecule has 0 bridgehead atoms. The lowest BCUT2D eigenvalue weighted by Crippen LogP contribution is -2.18. The smallest absolute Gasteiger partial charge is 0.270 e. The molecule has 0 saturated heterocycles. The zero-order valence-corrected chi connectivity index (χ0v) is 11.6. The summed E-state index contributed by atoms with van der Waals surface area (Å²) in [5.74, 6) is -0.530. The van der Waals surface area contributed by atoms with Gasteiger partial charge in [-0.1, -0.05) is 0 Å². The molecule has 1 aromatic carbocycles. The minimum absolute atomic E-state index is 0.0967. The van der Waals surface area contributed by atoms with Crippen LogP contribution in [0.5, 0.6) is 0 Å². The summed E-state index contributed by atoms with van der Waals surface area (Å²) < 4.78 is 24.0. The highest BCUT2D eigenvalue weighted by molar-refractivity contribution is 7.91. The van der Waals surface area contributed by atoms with Crippen molar-refractivity contribution in [3.05, 3.63) is 28.3 Å². The van der Waals surface area contributed by atoms with Gasteiger partial charge in [-0.25, -0.2) is 8.42 Å². The standard InChI is InChI=1S/C11H16N2O6S/c1-8(15)7-12-10-3-2-9(13(16)17)6-11(10)20(18,19)5-4-14/h2-3,6,8,12,14-15H,4-5,7H2,1H3. The highest BCUT2D eigenvalue weighted by Crippen LogP contribution is 2.27. The Morgan fingerprint density at radius 3 is 2.60 bits per heavy atom. The summed E-state index contributed by atoms with van der Waals surface area (Å²) in [5, 5.41) is 31.4. The number of nitro benzene ring substituents is 1. The first kappa shape index (κ1) is 16.3. The maximum Gasteiger partial charge on any atom is 0.270 e. The highest BCUT2D eigenvalue weighted by Gasteiger charge is 2.22. The number of hydrogen-bond acceptors (Lipinski definition) is 7. The number of aliphatic hydroxyl groups is 2. The summed E-state index contributed by atoms with van der Waals surface area (Å²) in [6.07, 6.45) is -0.710. The molecule has 8 nitrogen and oxygen atoms in total. The summed E-state index contributed by atoms with van der Waals surface area (Å²) in [6, 6.07) is 3.38. The lowest BCUT2D eigenvalue weighted by Gasteiger charge is -2.13. The van der Waals surface area contributed by atoms with Gasteiger partial charge in [-0.05, 0) is 13.0 Å². The molecule has 0 aliphatic heterocycles. The Morgan fingerprint density at radius 1 is 1.45 bits per heavy atom. The number of anilines is 1. The van der Waals surface area contributed by atoms with E-state index in [9.17, 15) is 23.6 Å². The normalized spacial score (nSPS) is 12.9. The zero-order chi connectivity index (χ0) is 15.3. The van der Waals surface area contributed by atoms with Crippen molar-refractivity contribution in [1.29, 1.82) is 0 Å². The molecule has 0 amide bonds. The largest absolute Gasteiger partial charge is 0.395 e. The van der Waals surface area contributed by atoms with Gasteiger partial charge in [0.2, 0.25) is 0 Å². The molecular weight excluding hydrogens is 288 g/mol. The maximum atomic E-state index is 12.0. The number of nitrogens with one attached hydrogen (secondary N) is 1. The van der Waals surface area contributed by atoms with Gasteiger partial charge in [-0.15, -0.1) is 0 Å². The SMILES string of the molecule is CC(O)CNc1ccc([N+](=O)[O-])cc1S(=O)(=O)CCO. The van der Waals surface area contributed by atoms with Gasteiger partial charge in [0, 0.05) is 18.7 Å². The van der Waals surface area contributed by atoms with Crippen LogP contribution in [0.25, 0.3) is 0 Å². The predicted molar refractivity (Wildman–Crippen MR) is 72.4 cm³/mol. The number of nitrogens with zero attached hydrogens (tertiary/aromatic N) is 1. The second kappa shape index (κ2) is 6.64. The van der Waals surface area contributed by atoms with Crippen LogP contribution in [0.2, 0.25) is 0 Å². The van der Waals surface area contributed by atoms with Crippen LogP contribution >= 0.6 is 0 Å². The number of nitro groups is 1. The molecule has 1 rings (SSSR count). The molecule has 0 radical (unpaired) electrons. The molecule has 0 saturated carbocycles. The van der Waals surface area contributed by atoms with Crippen molar-refractivity contribution in [3.8, 4) is 0 Å². The van der Waals surface area contributed by atoms with E-state index in [2.05, 4.69) is 5.32 Å². The van der Waals surface area contributed by atoms with Crippen LogP contribution in [0.1, 0.15) is 6.92 Å². The number of non-ortho nitro benzene ring substituents is 1. The van der Waals surface area contributed by atoms with E-state index in [1.165, 1.54) is 19.1 Å². The molecular formula is C11H16N2O6S. The van der Waals surface area contributed by atoms with E-state index >= 15 is 0 Å². The summed E-state index contributed by atoms with van der Waals surface area (Å²) >= 11 is 0. The van der Waals surface area contributed by atoms with E-state index in [1.54, 1.807) is 0 Å². The van der Waals surface area contributed by atoms with Crippen molar-refractivity contribution >= 4 is 21.2 Å². The summed E-state index contributed by atoms with van der Waals surface area (Å²) in [5.41, 5.74) is -0.200. The fraction of sp³-hybridized carbons (Fsp3) is 0.455. The van der Waals surface area contributed by atoms with Gasteiger partial charge >= 0.3 is 0 Å². The summed E-state index contributed by atoms with van der Waals surface area (Å²) in [4.78, 5) is 9.76. The Labute approximate surface area is 116 Å². The first-order chi connectivity index (χ1) is 9.27. The lowest BCUT2D eigenvalue weighted by atomic mass is 10.2. The van der Waals surface area contributed by atoms with Crippen LogP contribution in [0.15, 0.2) is 23.1 Å². The van der Waals surface area contributed by atoms with Crippen LogP contribution in [0, 0.1) is 10.1 Å². The topological polar surface area (TPSA) is 130 Å². The molecule has 1 unspecified atom stereocenters. The van der Waals surface area contributed by atoms with Gasteiger partial charge in [0.1, 0.15) is 0 Å². The van der Waals surface area contributed by atoms with Crippen molar-refractivity contribution in [2.24, 2.45) is 0 Å². The molecule has 0 spiro atoms. The molecule has 0 aliphatic rings. The molecule has 9 heteroatoms. The van der Waals surface area contributed by atoms with Crippen LogP contribution in [0.4, 0.5) is 11.4 Å². The third-order valence-electron chi connectivity index (χ3n) is 2.46. The van der Waals surface area contributed by atoms with E-state index in [0.717, 1.165) is 6.07 Å². The first-order valence-corrected chi connectivity index (χ1v) is 7.47. The number of aliphatic hydroxyl groups excluding tert-OH is 2. The van der Waals surface area contributed by atoms with E-state index in [-0.39, 0.29) is 22.8 Å². The van der Waals surface area contributed by atoms with Crippen molar-refractivity contribution in [1.82, 2.24) is 0 Å². The zero-order valence-electron chi connectivity index (χ0n) is 10.8. The number of benzene rings is 1. The molecule has 0 aromatic heterocycles. The molecule has 0 heterocycles. The highest BCUT2D eigenvalue weighted by atomic mass is 32.2. The average Bonchev–Trinajstić information content (AvgIpc) is 2.35. The average molecular weight is 304 g/mol. The van der Waals surface area contributed by atoms with Gasteiger partial charge in [-0.2, -0.15) is 0 Å². The third-order valence-corrected chi connectivity index (χ3v) is 4.19. The molecule has 1 atom stereocenters. The van der Waals surface area contributed by atoms with Gasteiger partial charge in [0.25, 0.3) is 5.69 Å². The first-order valence-electron chi connectivity index (χ1n) is 5.82. The quantitative estimate of drug-likeness (QED) is 0.483. The summed E-state index contributed by atoms with van der Waals surface area (Å²) in [7, 11) is -3.84. The van der Waals surface area contributed by atoms with Crippen molar-refractivity contribution < 1.29 is 23.6 Å². The Hall–Kier alpha value is -1.71. The maximum absolute atomic E-state index is 12.0. The van der Waals surface area contributed by atoms with Crippen molar-refractivity contribution in [2.75, 3.05) is 24.2 Å². The van der Waals surface area contributed by atoms with E-state index < -0.39 is 33.2 Å². The number of sulfone groups is 1. The Balaban J connectivity index is 3.26. The van der Waals surface area contributed by atoms with Crippen LogP contribution < -0.4 is 5.32 Å². The van der Waals surface area contributed by atoms with Crippen molar-refractivity contribution in [2.45, 2.75) is 17.9 Å². The Morgan fingerprint density at radius 2 is 2.10 bits per heavy atom. The van der Waals surface area contributed by atoms with Gasteiger partial charge in [-0.3, -0.25) is 10.1 Å². The fourth-order valence-electron chi connectivity index (χ4n) is 1.52. The van der Waals surface area contributed by atoms with Gasteiger partial charge in [0.15, 0.2) is 9.84 Å². The molecule has 20 heavy (non-hydrogen) atoms. The molecule has 3 N–H and O–H groups in total. The van der Waals surface area contributed by atoms with E-state index in [1.807, 2.05) is 0 Å². The van der Waals surface area contributed by atoms with Crippen LogP contribution in [-0.4, -0.2) is 48.6 Å². The monoisotopic (exact) mass is 304 g/mol. The molecule has 1 aromatic rings. The second-order valence-electron chi connectivity index (χ2n) is 4.21. The number of rotatable bonds is 7. The van der Waals surface area contributed by atoms with Gasteiger partial charge < -0.3 is 15.5 Å². The fourth-order valence-corrected chi connectivity index (χ4v) is 2.75. The third kappa shape index (κ3) is 4.15. The number of hydrogen-bond donors (Lipinski definition) is 3. The minimum atomic E-state index is -3.84.